The number of carbonyl (C=O) groups excluding carboxylic acids is 1. The summed E-state index contributed by atoms with van der Waals surface area (Å²) in [6.07, 6.45) is 2.26. The van der Waals surface area contributed by atoms with Gasteiger partial charge in [-0.25, -0.2) is 0 Å². The molecule has 0 bridgehead atoms. The van der Waals surface area contributed by atoms with E-state index in [4.69, 9.17) is 23.2 Å². The molecule has 0 fully saturated rings. The minimum Gasteiger partial charge on any atom is -0.352 e. The van der Waals surface area contributed by atoms with Crippen molar-refractivity contribution in [2.24, 2.45) is 0 Å². The van der Waals surface area contributed by atoms with Crippen molar-refractivity contribution < 1.29 is 9.72 Å². The van der Waals surface area contributed by atoms with E-state index < -0.39 is 16.5 Å². The number of benzene rings is 1. The average molecular weight is 289 g/mol. The first-order valence-electron chi connectivity index (χ1n) is 5.00. The highest BCUT2D eigenvalue weighted by atomic mass is 35.5. The fourth-order valence-electron chi connectivity index (χ4n) is 1.23. The molecule has 1 aromatic rings. The molecule has 0 aliphatic rings. The summed E-state index contributed by atoms with van der Waals surface area (Å²) in [5.41, 5.74) is -0.293. The van der Waals surface area contributed by atoms with Crippen LogP contribution in [0, 0.1) is 10.1 Å². The second-order valence-electron chi connectivity index (χ2n) is 3.38. The SMILES string of the molecule is C=CCCNC(=O)c1cc(Cl)c(Cl)c([N+](=O)[O-])c1. The molecule has 0 unspecified atom stereocenters. The molecule has 1 rings (SSSR count). The van der Waals surface area contributed by atoms with Gasteiger partial charge in [0, 0.05) is 18.2 Å². The average Bonchev–Trinajstić information content (AvgIpc) is 2.32. The van der Waals surface area contributed by atoms with E-state index in [2.05, 4.69) is 11.9 Å². The van der Waals surface area contributed by atoms with Crippen molar-refractivity contribution in [3.8, 4) is 0 Å². The van der Waals surface area contributed by atoms with Crippen LogP contribution in [-0.2, 0) is 0 Å². The van der Waals surface area contributed by atoms with Gasteiger partial charge in [0.1, 0.15) is 5.02 Å². The second kappa shape index (κ2) is 6.37. The van der Waals surface area contributed by atoms with Crippen LogP contribution in [0.3, 0.4) is 0 Å². The van der Waals surface area contributed by atoms with Crippen molar-refractivity contribution in [1.29, 1.82) is 0 Å². The van der Waals surface area contributed by atoms with Crippen molar-refractivity contribution in [2.45, 2.75) is 6.42 Å². The van der Waals surface area contributed by atoms with Gasteiger partial charge >= 0.3 is 0 Å². The van der Waals surface area contributed by atoms with Crippen molar-refractivity contribution in [3.63, 3.8) is 0 Å². The van der Waals surface area contributed by atoms with E-state index in [-0.39, 0.29) is 15.6 Å². The number of hydrogen-bond donors (Lipinski definition) is 1. The zero-order valence-corrected chi connectivity index (χ0v) is 10.8. The number of nitro groups is 1. The molecule has 0 aliphatic carbocycles. The quantitative estimate of drug-likeness (QED) is 0.391. The number of carbonyl (C=O) groups is 1. The maximum Gasteiger partial charge on any atom is 0.290 e. The van der Waals surface area contributed by atoms with E-state index in [9.17, 15) is 14.9 Å². The lowest BCUT2D eigenvalue weighted by atomic mass is 10.2. The Morgan fingerprint density at radius 2 is 2.17 bits per heavy atom. The molecule has 1 amide bonds. The van der Waals surface area contributed by atoms with Gasteiger partial charge in [-0.15, -0.1) is 6.58 Å². The number of hydrogen-bond acceptors (Lipinski definition) is 3. The predicted octanol–water partition coefficient (Wildman–Crippen LogP) is 3.21. The molecule has 0 radical (unpaired) electrons. The molecular weight excluding hydrogens is 279 g/mol. The summed E-state index contributed by atoms with van der Waals surface area (Å²) >= 11 is 11.4. The van der Waals surface area contributed by atoms with Gasteiger partial charge in [-0.3, -0.25) is 14.9 Å². The van der Waals surface area contributed by atoms with Gasteiger partial charge in [0.25, 0.3) is 11.6 Å². The molecule has 18 heavy (non-hydrogen) atoms. The molecular formula is C11H10Cl2N2O3. The first kappa shape index (κ1) is 14.5. The maximum absolute atomic E-state index is 11.7. The minimum absolute atomic E-state index is 0.0280. The Balaban J connectivity index is 2.99. The minimum atomic E-state index is -0.686. The Labute approximate surface area is 114 Å². The Kier molecular flexibility index (Phi) is 5.12. The van der Waals surface area contributed by atoms with Gasteiger partial charge in [-0.05, 0) is 12.5 Å². The van der Waals surface area contributed by atoms with Crippen LogP contribution < -0.4 is 5.32 Å². The lowest BCUT2D eigenvalue weighted by molar-refractivity contribution is -0.384. The molecule has 0 spiro atoms. The molecule has 1 aromatic carbocycles. The summed E-state index contributed by atoms with van der Waals surface area (Å²) < 4.78 is 0. The van der Waals surface area contributed by atoms with E-state index in [1.807, 2.05) is 0 Å². The summed E-state index contributed by atoms with van der Waals surface area (Å²) in [5.74, 6) is -0.446. The summed E-state index contributed by atoms with van der Waals surface area (Å²) in [5, 5.41) is 13.1. The van der Waals surface area contributed by atoms with Crippen LogP contribution in [0.15, 0.2) is 24.8 Å². The van der Waals surface area contributed by atoms with Gasteiger partial charge < -0.3 is 5.32 Å². The molecule has 1 N–H and O–H groups in total. The Bertz CT molecular complexity index is 503. The van der Waals surface area contributed by atoms with Gasteiger partial charge in [0.2, 0.25) is 0 Å². The third-order valence-electron chi connectivity index (χ3n) is 2.10. The topological polar surface area (TPSA) is 72.2 Å². The number of nitrogens with one attached hydrogen (secondary N) is 1. The lowest BCUT2D eigenvalue weighted by Crippen LogP contribution is -2.24. The van der Waals surface area contributed by atoms with Crippen molar-refractivity contribution >= 4 is 34.8 Å². The Morgan fingerprint density at radius 1 is 1.50 bits per heavy atom. The van der Waals surface area contributed by atoms with Crippen LogP contribution in [0.1, 0.15) is 16.8 Å². The first-order chi connectivity index (χ1) is 8.47. The molecule has 5 nitrogen and oxygen atoms in total. The molecule has 7 heteroatoms. The van der Waals surface area contributed by atoms with Crippen LogP contribution >= 0.6 is 23.2 Å². The van der Waals surface area contributed by atoms with Crippen LogP contribution in [0.25, 0.3) is 0 Å². The van der Waals surface area contributed by atoms with E-state index in [0.29, 0.717) is 13.0 Å². The molecule has 0 atom stereocenters. The van der Waals surface area contributed by atoms with Gasteiger partial charge in [-0.2, -0.15) is 0 Å². The number of nitro benzene ring substituents is 1. The second-order valence-corrected chi connectivity index (χ2v) is 4.17. The number of nitrogens with zero attached hydrogens (tertiary/aromatic N) is 1. The largest absolute Gasteiger partial charge is 0.352 e. The third-order valence-corrected chi connectivity index (χ3v) is 2.89. The molecule has 0 aliphatic heterocycles. The monoisotopic (exact) mass is 288 g/mol. The maximum atomic E-state index is 11.7. The highest BCUT2D eigenvalue weighted by molar-refractivity contribution is 6.43. The van der Waals surface area contributed by atoms with Gasteiger partial charge in [0.05, 0.1) is 9.95 Å². The van der Waals surface area contributed by atoms with Crippen molar-refractivity contribution in [2.75, 3.05) is 6.54 Å². The smallest absolute Gasteiger partial charge is 0.290 e. The Hall–Kier alpha value is -1.59. The van der Waals surface area contributed by atoms with Crippen LogP contribution in [-0.4, -0.2) is 17.4 Å². The van der Waals surface area contributed by atoms with E-state index >= 15 is 0 Å². The van der Waals surface area contributed by atoms with E-state index in [0.717, 1.165) is 6.07 Å². The summed E-state index contributed by atoms with van der Waals surface area (Å²) in [6, 6.07) is 2.39. The first-order valence-corrected chi connectivity index (χ1v) is 5.75. The van der Waals surface area contributed by atoms with E-state index in [1.54, 1.807) is 6.08 Å². The van der Waals surface area contributed by atoms with Crippen molar-refractivity contribution in [3.05, 3.63) is 50.5 Å². The zero-order valence-electron chi connectivity index (χ0n) is 9.28. The summed E-state index contributed by atoms with van der Waals surface area (Å²) in [4.78, 5) is 21.7. The highest BCUT2D eigenvalue weighted by Gasteiger charge is 2.19. The Morgan fingerprint density at radius 3 is 2.72 bits per heavy atom. The van der Waals surface area contributed by atoms with E-state index in [1.165, 1.54) is 6.07 Å². The van der Waals surface area contributed by atoms with Crippen LogP contribution in [0.4, 0.5) is 5.69 Å². The third kappa shape index (κ3) is 3.45. The normalized spacial score (nSPS) is 9.89. The molecule has 0 saturated heterocycles. The van der Waals surface area contributed by atoms with Crippen LogP contribution in [0.2, 0.25) is 10.0 Å². The number of rotatable bonds is 5. The lowest BCUT2D eigenvalue weighted by Gasteiger charge is -2.05. The highest BCUT2D eigenvalue weighted by Crippen LogP contribution is 2.32. The zero-order chi connectivity index (χ0) is 13.7. The van der Waals surface area contributed by atoms with Crippen LogP contribution in [0.5, 0.6) is 0 Å². The van der Waals surface area contributed by atoms with Crippen molar-refractivity contribution in [1.82, 2.24) is 5.32 Å². The standard InChI is InChI=1S/C11H10Cl2N2O3/c1-2-3-4-14-11(16)7-5-8(12)10(13)9(6-7)15(17)18/h2,5-6H,1,3-4H2,(H,14,16). The predicted molar refractivity (Wildman–Crippen MR) is 70.3 cm³/mol. The molecule has 0 heterocycles. The number of amides is 1. The molecule has 96 valence electrons. The van der Waals surface area contributed by atoms with Gasteiger partial charge in [0.15, 0.2) is 0 Å². The molecule has 0 saturated carbocycles. The molecule has 0 aromatic heterocycles. The van der Waals surface area contributed by atoms with Gasteiger partial charge in [-0.1, -0.05) is 29.3 Å². The number of halogens is 2. The summed E-state index contributed by atoms with van der Waals surface area (Å²) in [7, 11) is 0. The summed E-state index contributed by atoms with van der Waals surface area (Å²) in [6.45, 7) is 3.91. The fourth-order valence-corrected chi connectivity index (χ4v) is 1.62. The fraction of sp³-hybridized carbons (Fsp3) is 0.182.